The van der Waals surface area contributed by atoms with Crippen molar-refractivity contribution in [1.29, 1.82) is 0 Å². The van der Waals surface area contributed by atoms with E-state index in [0.29, 0.717) is 18.8 Å². The molecule has 1 aliphatic heterocycles. The third-order valence-electron chi connectivity index (χ3n) is 6.27. The van der Waals surface area contributed by atoms with Crippen LogP contribution in [0.5, 0.6) is 5.75 Å². The van der Waals surface area contributed by atoms with Gasteiger partial charge < -0.3 is 14.5 Å². The molecule has 34 heavy (non-hydrogen) atoms. The highest BCUT2D eigenvalue weighted by Crippen LogP contribution is 2.26. The molecular weight excluding hydrogens is 428 g/mol. The number of benzene rings is 3. The molecule has 5 rings (SSSR count). The lowest BCUT2D eigenvalue weighted by Gasteiger charge is -2.36. The van der Waals surface area contributed by atoms with Crippen molar-refractivity contribution in [3.05, 3.63) is 89.2 Å². The van der Waals surface area contributed by atoms with Crippen LogP contribution in [0.4, 0.5) is 5.69 Å². The van der Waals surface area contributed by atoms with Crippen LogP contribution in [0.15, 0.2) is 83.7 Å². The fraction of sp³-hybridized carbons (Fsp3) is 0.222. The second-order valence-electron chi connectivity index (χ2n) is 8.31. The lowest BCUT2D eigenvalue weighted by molar-refractivity contribution is -0.132. The van der Waals surface area contributed by atoms with Gasteiger partial charge in [-0.25, -0.2) is 4.68 Å². The minimum absolute atomic E-state index is 0.0728. The normalized spacial score (nSPS) is 13.8. The maximum atomic E-state index is 13.0. The van der Waals surface area contributed by atoms with Crippen LogP contribution in [0.1, 0.15) is 0 Å². The van der Waals surface area contributed by atoms with Gasteiger partial charge in [0.15, 0.2) is 0 Å². The van der Waals surface area contributed by atoms with Crippen LogP contribution >= 0.6 is 0 Å². The van der Waals surface area contributed by atoms with E-state index in [9.17, 15) is 9.59 Å². The van der Waals surface area contributed by atoms with Gasteiger partial charge in [0.25, 0.3) is 5.56 Å². The van der Waals surface area contributed by atoms with Gasteiger partial charge in [0, 0.05) is 49.6 Å². The van der Waals surface area contributed by atoms with Gasteiger partial charge in [-0.1, -0.05) is 48.5 Å². The van der Waals surface area contributed by atoms with Gasteiger partial charge in [-0.15, -0.1) is 0 Å². The Morgan fingerprint density at radius 1 is 0.912 bits per heavy atom. The number of piperazine rings is 1. The molecule has 1 aliphatic rings. The van der Waals surface area contributed by atoms with Crippen molar-refractivity contribution in [3.8, 4) is 17.0 Å². The SMILES string of the molecule is COc1cccc(N2CCN(C(=O)Cn3nc(-c4cccc5ccccc45)ccc3=O)CC2)c1. The summed E-state index contributed by atoms with van der Waals surface area (Å²) in [4.78, 5) is 29.5. The number of nitrogens with zero attached hydrogens (tertiary/aromatic N) is 4. The van der Waals surface area contributed by atoms with Gasteiger partial charge in [-0.05, 0) is 29.0 Å². The van der Waals surface area contributed by atoms with Crippen LogP contribution in [0.3, 0.4) is 0 Å². The molecule has 7 nitrogen and oxygen atoms in total. The number of hydrogen-bond acceptors (Lipinski definition) is 5. The number of methoxy groups -OCH3 is 1. The van der Waals surface area contributed by atoms with E-state index in [4.69, 9.17) is 4.74 Å². The third kappa shape index (κ3) is 4.37. The number of carbonyl (C=O) groups excluding carboxylic acids is 1. The maximum Gasteiger partial charge on any atom is 0.267 e. The quantitative estimate of drug-likeness (QED) is 0.462. The Hall–Kier alpha value is -4.13. The minimum atomic E-state index is -0.285. The number of hydrogen-bond donors (Lipinski definition) is 0. The molecule has 0 N–H and O–H groups in total. The van der Waals surface area contributed by atoms with Crippen molar-refractivity contribution in [1.82, 2.24) is 14.7 Å². The molecule has 7 heteroatoms. The fourth-order valence-corrected chi connectivity index (χ4v) is 4.40. The largest absolute Gasteiger partial charge is 0.497 e. The van der Waals surface area contributed by atoms with Crippen LogP contribution in [0, 0.1) is 0 Å². The van der Waals surface area contributed by atoms with E-state index < -0.39 is 0 Å². The van der Waals surface area contributed by atoms with E-state index in [2.05, 4.69) is 10.00 Å². The summed E-state index contributed by atoms with van der Waals surface area (Å²) in [5.74, 6) is 0.711. The summed E-state index contributed by atoms with van der Waals surface area (Å²) in [6.07, 6.45) is 0. The molecule has 0 radical (unpaired) electrons. The van der Waals surface area contributed by atoms with Crippen molar-refractivity contribution in [2.24, 2.45) is 0 Å². The first kappa shape index (κ1) is 21.7. The molecule has 0 saturated carbocycles. The van der Waals surface area contributed by atoms with Gasteiger partial charge in [-0.2, -0.15) is 5.10 Å². The van der Waals surface area contributed by atoms with E-state index in [0.717, 1.165) is 40.9 Å². The summed E-state index contributed by atoms with van der Waals surface area (Å²) in [7, 11) is 1.65. The molecule has 0 atom stereocenters. The highest BCUT2D eigenvalue weighted by atomic mass is 16.5. The average molecular weight is 455 g/mol. The second kappa shape index (κ2) is 9.39. The number of amides is 1. The zero-order chi connectivity index (χ0) is 23.5. The van der Waals surface area contributed by atoms with Crippen molar-refractivity contribution in [2.45, 2.75) is 6.54 Å². The van der Waals surface area contributed by atoms with Crippen molar-refractivity contribution in [3.63, 3.8) is 0 Å². The Morgan fingerprint density at radius 2 is 1.68 bits per heavy atom. The molecule has 2 heterocycles. The average Bonchev–Trinajstić information content (AvgIpc) is 2.89. The summed E-state index contributed by atoms with van der Waals surface area (Å²) < 4.78 is 6.59. The smallest absolute Gasteiger partial charge is 0.267 e. The highest BCUT2D eigenvalue weighted by molar-refractivity contribution is 5.95. The molecule has 0 bridgehead atoms. The van der Waals surface area contributed by atoms with Gasteiger partial charge in [0.2, 0.25) is 5.91 Å². The highest BCUT2D eigenvalue weighted by Gasteiger charge is 2.22. The first-order chi connectivity index (χ1) is 16.6. The zero-order valence-corrected chi connectivity index (χ0v) is 19.1. The van der Waals surface area contributed by atoms with E-state index >= 15 is 0 Å². The Labute approximate surface area is 197 Å². The summed E-state index contributed by atoms with van der Waals surface area (Å²) in [6.45, 7) is 2.55. The first-order valence-corrected chi connectivity index (χ1v) is 11.4. The van der Waals surface area contributed by atoms with Crippen LogP contribution in [0.25, 0.3) is 22.0 Å². The molecule has 0 aliphatic carbocycles. The maximum absolute atomic E-state index is 13.0. The Balaban J connectivity index is 1.30. The molecule has 0 unspecified atom stereocenters. The molecule has 1 aromatic heterocycles. The van der Waals surface area contributed by atoms with Crippen molar-refractivity contribution < 1.29 is 9.53 Å². The summed E-state index contributed by atoms with van der Waals surface area (Å²) in [5, 5.41) is 6.70. The van der Waals surface area contributed by atoms with Crippen molar-refractivity contribution in [2.75, 3.05) is 38.2 Å². The number of anilines is 1. The molecule has 1 fully saturated rings. The van der Waals surface area contributed by atoms with Crippen LogP contribution in [0.2, 0.25) is 0 Å². The Bertz CT molecular complexity index is 1380. The van der Waals surface area contributed by atoms with Crippen LogP contribution < -0.4 is 15.2 Å². The number of ether oxygens (including phenoxy) is 1. The zero-order valence-electron chi connectivity index (χ0n) is 19.1. The van der Waals surface area contributed by atoms with Gasteiger partial charge in [-0.3, -0.25) is 9.59 Å². The monoisotopic (exact) mass is 454 g/mol. The Morgan fingerprint density at radius 3 is 2.50 bits per heavy atom. The fourth-order valence-electron chi connectivity index (χ4n) is 4.40. The lowest BCUT2D eigenvalue weighted by Crippen LogP contribution is -2.50. The van der Waals surface area contributed by atoms with Crippen molar-refractivity contribution >= 4 is 22.4 Å². The minimum Gasteiger partial charge on any atom is -0.497 e. The molecule has 1 amide bonds. The summed E-state index contributed by atoms with van der Waals surface area (Å²) in [5.41, 5.74) is 2.40. The molecule has 3 aromatic carbocycles. The van der Waals surface area contributed by atoms with E-state index in [1.165, 1.54) is 10.7 Å². The first-order valence-electron chi connectivity index (χ1n) is 11.4. The number of carbonyl (C=O) groups is 1. The number of fused-ring (bicyclic) bond motifs is 1. The van der Waals surface area contributed by atoms with Gasteiger partial charge in [0.05, 0.1) is 12.8 Å². The molecule has 4 aromatic rings. The topological polar surface area (TPSA) is 67.7 Å². The predicted molar refractivity (Wildman–Crippen MR) is 133 cm³/mol. The predicted octanol–water partition coefficient (Wildman–Crippen LogP) is 3.42. The van der Waals surface area contributed by atoms with E-state index in [1.54, 1.807) is 18.1 Å². The van der Waals surface area contributed by atoms with E-state index in [1.807, 2.05) is 66.7 Å². The summed E-state index contributed by atoms with van der Waals surface area (Å²) >= 11 is 0. The van der Waals surface area contributed by atoms with Crippen LogP contribution in [-0.4, -0.2) is 53.9 Å². The molecule has 0 spiro atoms. The molecular formula is C27H26N4O3. The van der Waals surface area contributed by atoms with Gasteiger partial charge in [0.1, 0.15) is 12.3 Å². The number of aromatic nitrogens is 2. The number of rotatable bonds is 5. The Kier molecular flexibility index (Phi) is 5.99. The molecule has 1 saturated heterocycles. The van der Waals surface area contributed by atoms with Gasteiger partial charge >= 0.3 is 0 Å². The summed E-state index contributed by atoms with van der Waals surface area (Å²) in [6, 6.07) is 25.2. The third-order valence-corrected chi connectivity index (χ3v) is 6.27. The van der Waals surface area contributed by atoms with E-state index in [-0.39, 0.29) is 18.0 Å². The second-order valence-corrected chi connectivity index (χ2v) is 8.31. The van der Waals surface area contributed by atoms with Crippen LogP contribution in [-0.2, 0) is 11.3 Å². The lowest BCUT2D eigenvalue weighted by atomic mass is 10.0. The standard InChI is InChI=1S/C27H26N4O3/c1-34-22-9-5-8-21(18-22)29-14-16-30(17-15-29)27(33)19-31-26(32)13-12-25(28-31)24-11-4-7-20-6-2-3-10-23(20)24/h2-13,18H,14-17,19H2,1H3. The molecule has 172 valence electrons.